The lowest BCUT2D eigenvalue weighted by Crippen LogP contribution is -2.35. The fourth-order valence-corrected chi connectivity index (χ4v) is 3.85. The number of carbonyl (C=O) groups is 1. The summed E-state index contributed by atoms with van der Waals surface area (Å²) >= 11 is 0. The van der Waals surface area contributed by atoms with Gasteiger partial charge in [-0.2, -0.15) is 0 Å². The first-order chi connectivity index (χ1) is 14.5. The van der Waals surface area contributed by atoms with Crippen molar-refractivity contribution in [3.05, 3.63) is 75.6 Å². The van der Waals surface area contributed by atoms with Crippen LogP contribution in [0.1, 0.15) is 41.1 Å². The molecule has 0 saturated carbocycles. The zero-order chi connectivity index (χ0) is 21.3. The van der Waals surface area contributed by atoms with E-state index in [0.717, 1.165) is 17.7 Å². The standard InChI is InChI=1S/C24H26N2O4/c1-4-14-29-17-9-7-8-16(15-17)21-20-22(27)18-10-5-6-11-19(18)30-23(20)24(28)26(21)13-12-25(2)3/h5-11,15,21H,4,12-14H2,1-3H3. The largest absolute Gasteiger partial charge is 0.494 e. The molecule has 4 rings (SSSR count). The van der Waals surface area contributed by atoms with Gasteiger partial charge in [0.2, 0.25) is 5.76 Å². The van der Waals surface area contributed by atoms with Crippen molar-refractivity contribution in [3.8, 4) is 5.75 Å². The molecule has 0 aliphatic carbocycles. The first-order valence-electron chi connectivity index (χ1n) is 10.3. The molecule has 0 saturated heterocycles. The number of amides is 1. The van der Waals surface area contributed by atoms with Crippen LogP contribution in [0.3, 0.4) is 0 Å². The zero-order valence-electron chi connectivity index (χ0n) is 17.6. The number of likely N-dealkylation sites (N-methyl/N-ethyl adjacent to an activating group) is 1. The van der Waals surface area contributed by atoms with Crippen LogP contribution in [0.25, 0.3) is 11.0 Å². The number of para-hydroxylation sites is 1. The molecule has 0 spiro atoms. The van der Waals surface area contributed by atoms with Gasteiger partial charge in [-0.3, -0.25) is 9.59 Å². The summed E-state index contributed by atoms with van der Waals surface area (Å²) < 4.78 is 11.7. The predicted octanol–water partition coefficient (Wildman–Crippen LogP) is 3.69. The van der Waals surface area contributed by atoms with E-state index in [9.17, 15) is 9.59 Å². The van der Waals surface area contributed by atoms with Crippen molar-refractivity contribution in [2.45, 2.75) is 19.4 Å². The Morgan fingerprint density at radius 2 is 1.90 bits per heavy atom. The summed E-state index contributed by atoms with van der Waals surface area (Å²) in [5.41, 5.74) is 1.53. The van der Waals surface area contributed by atoms with Gasteiger partial charge in [0.05, 0.1) is 23.6 Å². The number of hydrogen-bond donors (Lipinski definition) is 0. The molecule has 2 aromatic carbocycles. The maximum atomic E-state index is 13.4. The molecule has 1 aliphatic rings. The normalized spacial score (nSPS) is 15.8. The molecule has 1 aliphatic heterocycles. The van der Waals surface area contributed by atoms with Crippen LogP contribution in [0.2, 0.25) is 0 Å². The van der Waals surface area contributed by atoms with E-state index in [4.69, 9.17) is 9.15 Å². The number of hydrogen-bond acceptors (Lipinski definition) is 5. The second kappa shape index (κ2) is 8.32. The van der Waals surface area contributed by atoms with Crippen molar-refractivity contribution in [2.24, 2.45) is 0 Å². The minimum atomic E-state index is -0.501. The van der Waals surface area contributed by atoms with Crippen molar-refractivity contribution in [3.63, 3.8) is 0 Å². The van der Waals surface area contributed by atoms with Crippen LogP contribution in [0.5, 0.6) is 5.75 Å². The highest BCUT2D eigenvalue weighted by Crippen LogP contribution is 2.38. The predicted molar refractivity (Wildman–Crippen MR) is 116 cm³/mol. The first-order valence-corrected chi connectivity index (χ1v) is 10.3. The molecule has 156 valence electrons. The maximum Gasteiger partial charge on any atom is 0.290 e. The Hall–Kier alpha value is -3.12. The third kappa shape index (κ3) is 3.59. The molecule has 0 bridgehead atoms. The molecule has 1 aromatic heterocycles. The zero-order valence-corrected chi connectivity index (χ0v) is 17.6. The average Bonchev–Trinajstić information content (AvgIpc) is 3.03. The van der Waals surface area contributed by atoms with E-state index < -0.39 is 6.04 Å². The number of rotatable bonds is 7. The fourth-order valence-electron chi connectivity index (χ4n) is 3.85. The van der Waals surface area contributed by atoms with E-state index in [-0.39, 0.29) is 17.1 Å². The quantitative estimate of drug-likeness (QED) is 0.599. The second-order valence-corrected chi connectivity index (χ2v) is 7.80. The van der Waals surface area contributed by atoms with Crippen molar-refractivity contribution < 1.29 is 13.9 Å². The van der Waals surface area contributed by atoms with E-state index in [1.165, 1.54) is 0 Å². The fraction of sp³-hybridized carbons (Fsp3) is 0.333. The molecule has 1 atom stereocenters. The molecule has 3 aromatic rings. The minimum Gasteiger partial charge on any atom is -0.494 e. The Morgan fingerprint density at radius 1 is 1.10 bits per heavy atom. The third-order valence-corrected chi connectivity index (χ3v) is 5.31. The highest BCUT2D eigenvalue weighted by molar-refractivity contribution is 5.99. The van der Waals surface area contributed by atoms with Crippen LogP contribution in [-0.4, -0.2) is 49.5 Å². The van der Waals surface area contributed by atoms with Gasteiger partial charge in [0.15, 0.2) is 5.43 Å². The second-order valence-electron chi connectivity index (χ2n) is 7.80. The molecule has 0 fully saturated rings. The molecule has 6 heteroatoms. The van der Waals surface area contributed by atoms with Crippen LogP contribution in [-0.2, 0) is 0 Å². The molecule has 2 heterocycles. The summed E-state index contributed by atoms with van der Waals surface area (Å²) in [6, 6.07) is 14.2. The number of benzene rings is 2. The highest BCUT2D eigenvalue weighted by Gasteiger charge is 2.42. The lowest BCUT2D eigenvalue weighted by atomic mass is 9.98. The van der Waals surface area contributed by atoms with Crippen molar-refractivity contribution in [1.29, 1.82) is 0 Å². The molecule has 6 nitrogen and oxygen atoms in total. The van der Waals surface area contributed by atoms with Gasteiger partial charge in [0.1, 0.15) is 11.3 Å². The number of fused-ring (bicyclic) bond motifs is 2. The monoisotopic (exact) mass is 406 g/mol. The number of carbonyl (C=O) groups excluding carboxylic acids is 1. The molecule has 1 unspecified atom stereocenters. The molecular weight excluding hydrogens is 380 g/mol. The summed E-state index contributed by atoms with van der Waals surface area (Å²) in [5.74, 6) is 0.620. The summed E-state index contributed by atoms with van der Waals surface area (Å²) in [6.07, 6.45) is 0.902. The van der Waals surface area contributed by atoms with Crippen molar-refractivity contribution >= 4 is 16.9 Å². The smallest absolute Gasteiger partial charge is 0.290 e. The van der Waals surface area contributed by atoms with E-state index in [0.29, 0.717) is 36.2 Å². The number of ether oxygens (including phenoxy) is 1. The van der Waals surface area contributed by atoms with E-state index in [1.54, 1.807) is 29.2 Å². The van der Waals surface area contributed by atoms with Gasteiger partial charge in [0.25, 0.3) is 5.91 Å². The lowest BCUT2D eigenvalue weighted by Gasteiger charge is -2.26. The summed E-state index contributed by atoms with van der Waals surface area (Å²) in [5, 5.41) is 0.488. The summed E-state index contributed by atoms with van der Waals surface area (Å²) in [7, 11) is 3.92. The van der Waals surface area contributed by atoms with Gasteiger partial charge in [0, 0.05) is 13.1 Å². The molecular formula is C24H26N2O4. The third-order valence-electron chi connectivity index (χ3n) is 5.31. The van der Waals surface area contributed by atoms with Crippen LogP contribution >= 0.6 is 0 Å². The molecule has 0 N–H and O–H groups in total. The summed E-state index contributed by atoms with van der Waals surface area (Å²) in [6.45, 7) is 3.82. The Labute approximate surface area is 175 Å². The Balaban J connectivity index is 1.87. The lowest BCUT2D eigenvalue weighted by molar-refractivity contribution is 0.0716. The molecule has 1 amide bonds. The minimum absolute atomic E-state index is 0.141. The van der Waals surface area contributed by atoms with Crippen molar-refractivity contribution in [2.75, 3.05) is 33.8 Å². The van der Waals surface area contributed by atoms with E-state index in [1.807, 2.05) is 43.3 Å². The van der Waals surface area contributed by atoms with Gasteiger partial charge in [-0.15, -0.1) is 0 Å². The van der Waals surface area contributed by atoms with Crippen LogP contribution < -0.4 is 10.2 Å². The Bertz CT molecular complexity index is 1140. The van der Waals surface area contributed by atoms with Crippen LogP contribution in [0.15, 0.2) is 57.7 Å². The van der Waals surface area contributed by atoms with Gasteiger partial charge in [-0.25, -0.2) is 0 Å². The van der Waals surface area contributed by atoms with Crippen molar-refractivity contribution in [1.82, 2.24) is 9.80 Å². The highest BCUT2D eigenvalue weighted by atomic mass is 16.5. The number of nitrogens with zero attached hydrogens (tertiary/aromatic N) is 2. The van der Waals surface area contributed by atoms with E-state index >= 15 is 0 Å². The van der Waals surface area contributed by atoms with Crippen LogP contribution in [0.4, 0.5) is 0 Å². The Morgan fingerprint density at radius 3 is 2.67 bits per heavy atom. The van der Waals surface area contributed by atoms with Gasteiger partial charge in [-0.1, -0.05) is 31.2 Å². The van der Waals surface area contributed by atoms with Gasteiger partial charge in [-0.05, 0) is 50.3 Å². The molecule has 0 radical (unpaired) electrons. The van der Waals surface area contributed by atoms with Gasteiger partial charge >= 0.3 is 0 Å². The van der Waals surface area contributed by atoms with Gasteiger partial charge < -0.3 is 19.0 Å². The average molecular weight is 406 g/mol. The maximum absolute atomic E-state index is 13.4. The van der Waals surface area contributed by atoms with E-state index in [2.05, 4.69) is 6.92 Å². The summed E-state index contributed by atoms with van der Waals surface area (Å²) in [4.78, 5) is 30.4. The first kappa shape index (κ1) is 20.2. The Kier molecular flexibility index (Phi) is 5.59. The molecule has 30 heavy (non-hydrogen) atoms. The SMILES string of the molecule is CCCOc1cccc(C2c3c(oc4ccccc4c3=O)C(=O)N2CCN(C)C)c1. The van der Waals surface area contributed by atoms with Crippen LogP contribution in [0, 0.1) is 0 Å². The topological polar surface area (TPSA) is 63.0 Å².